The molecule has 0 aromatic carbocycles. The molecule has 16 heavy (non-hydrogen) atoms. The van der Waals surface area contributed by atoms with Gasteiger partial charge < -0.3 is 13.9 Å². The van der Waals surface area contributed by atoms with Gasteiger partial charge in [0.05, 0.1) is 13.2 Å². The molecule has 0 aromatic rings. The van der Waals surface area contributed by atoms with Gasteiger partial charge in [-0.3, -0.25) is 0 Å². The third-order valence-electron chi connectivity index (χ3n) is 1.99. The van der Waals surface area contributed by atoms with E-state index in [1.165, 1.54) is 0 Å². The minimum absolute atomic E-state index is 0. The molecule has 6 heteroatoms. The minimum Gasteiger partial charge on any atom is -0.780 e. The van der Waals surface area contributed by atoms with Crippen LogP contribution in [0.15, 0.2) is 0 Å². The van der Waals surface area contributed by atoms with Crippen molar-refractivity contribution in [2.45, 2.75) is 52.4 Å². The second-order valence-electron chi connectivity index (χ2n) is 3.53. The van der Waals surface area contributed by atoms with Crippen LogP contribution in [0, 0.1) is 0 Å². The fraction of sp³-hybridized carbons (Fsp3) is 1.00. The minimum atomic E-state index is -3.19. The predicted octanol–water partition coefficient (Wildman–Crippen LogP) is 2.98. The summed E-state index contributed by atoms with van der Waals surface area (Å²) in [5.74, 6) is 0. The van der Waals surface area contributed by atoms with Gasteiger partial charge in [-0.25, -0.2) is 0 Å². The molecule has 0 N–H and O–H groups in total. The molecule has 0 aliphatic rings. The zero-order chi connectivity index (χ0) is 11.6. The van der Waals surface area contributed by atoms with E-state index >= 15 is 0 Å². The normalized spacial score (nSPS) is 11.2. The summed E-state index contributed by atoms with van der Waals surface area (Å²) < 4.78 is 10.1. The second-order valence-corrected chi connectivity index (χ2v) is 6.28. The number of hydrogen-bond acceptors (Lipinski definition) is 4. The van der Waals surface area contributed by atoms with E-state index in [9.17, 15) is 4.89 Å². The molecule has 0 fully saturated rings. The van der Waals surface area contributed by atoms with Crippen molar-refractivity contribution in [3.63, 3.8) is 0 Å². The van der Waals surface area contributed by atoms with Crippen LogP contribution in [0.25, 0.3) is 0 Å². The van der Waals surface area contributed by atoms with Crippen LogP contribution < -0.4 is 4.89 Å². The van der Waals surface area contributed by atoms with Crippen molar-refractivity contribution >= 4 is 18.5 Å². The van der Waals surface area contributed by atoms with Gasteiger partial charge in [-0.05, 0) is 12.8 Å². The van der Waals surface area contributed by atoms with E-state index in [0.29, 0.717) is 13.2 Å². The SMILES string of the molecule is CCCCCOP([O-])(=S)OCCCCC.[Zn+2]. The van der Waals surface area contributed by atoms with E-state index in [0.717, 1.165) is 38.5 Å². The van der Waals surface area contributed by atoms with Gasteiger partial charge >= 0.3 is 19.5 Å². The van der Waals surface area contributed by atoms with Crippen molar-refractivity contribution in [1.82, 2.24) is 0 Å². The Morgan fingerprint density at radius 2 is 1.31 bits per heavy atom. The summed E-state index contributed by atoms with van der Waals surface area (Å²) in [4.78, 5) is 11.5. The first kappa shape index (κ1) is 19.5. The second kappa shape index (κ2) is 12.6. The average molecular weight is 319 g/mol. The van der Waals surface area contributed by atoms with E-state index in [1.54, 1.807) is 0 Å². The van der Waals surface area contributed by atoms with Crippen molar-refractivity contribution < 1.29 is 33.4 Å². The maximum absolute atomic E-state index is 11.5. The molecule has 0 saturated carbocycles. The Morgan fingerprint density at radius 3 is 1.62 bits per heavy atom. The van der Waals surface area contributed by atoms with Crippen molar-refractivity contribution in [3.05, 3.63) is 0 Å². The molecule has 0 heterocycles. The molecule has 0 unspecified atom stereocenters. The van der Waals surface area contributed by atoms with E-state index in [2.05, 4.69) is 13.8 Å². The number of unbranched alkanes of at least 4 members (excludes halogenated alkanes) is 4. The molecule has 0 atom stereocenters. The molecule has 0 aliphatic heterocycles. The fourth-order valence-corrected chi connectivity index (χ4v) is 2.32. The summed E-state index contributed by atoms with van der Waals surface area (Å²) in [6, 6.07) is 0. The van der Waals surface area contributed by atoms with Gasteiger partial charge in [-0.2, -0.15) is 0 Å². The summed E-state index contributed by atoms with van der Waals surface area (Å²) >= 11 is 4.75. The molecule has 92 valence electrons. The summed E-state index contributed by atoms with van der Waals surface area (Å²) in [7, 11) is 0. The molecule has 0 aromatic heterocycles. The smallest absolute Gasteiger partial charge is 0.780 e. The molecule has 0 spiro atoms. The van der Waals surface area contributed by atoms with Crippen LogP contribution >= 0.6 is 6.72 Å². The average Bonchev–Trinajstić information content (AvgIpc) is 2.20. The first-order valence-corrected chi connectivity index (χ1v) is 8.28. The topological polar surface area (TPSA) is 41.5 Å². The van der Waals surface area contributed by atoms with Crippen LogP contribution in [-0.4, -0.2) is 13.2 Å². The summed E-state index contributed by atoms with van der Waals surface area (Å²) in [5, 5.41) is 0. The van der Waals surface area contributed by atoms with Gasteiger partial charge in [0.2, 0.25) is 0 Å². The van der Waals surface area contributed by atoms with Gasteiger partial charge in [0.15, 0.2) is 0 Å². The molecular weight excluding hydrogens is 297 g/mol. The Hall–Kier alpha value is 1.15. The third kappa shape index (κ3) is 13.2. The van der Waals surface area contributed by atoms with Crippen LogP contribution in [0.4, 0.5) is 0 Å². The van der Waals surface area contributed by atoms with E-state index in [4.69, 9.17) is 20.9 Å². The van der Waals surface area contributed by atoms with Gasteiger partial charge in [-0.15, -0.1) is 0 Å². The molecule has 3 nitrogen and oxygen atoms in total. The van der Waals surface area contributed by atoms with Gasteiger partial charge in [-0.1, -0.05) is 51.3 Å². The van der Waals surface area contributed by atoms with E-state index < -0.39 is 6.72 Å². The maximum Gasteiger partial charge on any atom is 2.00 e. The Labute approximate surface area is 117 Å². The van der Waals surface area contributed by atoms with Crippen LogP contribution in [0.3, 0.4) is 0 Å². The maximum atomic E-state index is 11.5. The van der Waals surface area contributed by atoms with Gasteiger partial charge in [0.25, 0.3) is 0 Å². The molecule has 0 rings (SSSR count). The summed E-state index contributed by atoms with van der Waals surface area (Å²) in [5.41, 5.74) is 0. The Morgan fingerprint density at radius 1 is 0.938 bits per heavy atom. The molecular formula is C10H22O3PSZn+. The molecule has 0 radical (unpaired) electrons. The van der Waals surface area contributed by atoms with E-state index in [1.807, 2.05) is 0 Å². The first-order valence-electron chi connectivity index (χ1n) is 5.72. The number of rotatable bonds is 10. The van der Waals surface area contributed by atoms with Crippen molar-refractivity contribution in [2.24, 2.45) is 0 Å². The monoisotopic (exact) mass is 317 g/mol. The van der Waals surface area contributed by atoms with Crippen molar-refractivity contribution in [3.8, 4) is 0 Å². The Balaban J connectivity index is 0. The van der Waals surface area contributed by atoms with Crippen molar-refractivity contribution in [1.29, 1.82) is 0 Å². The van der Waals surface area contributed by atoms with E-state index in [-0.39, 0.29) is 19.5 Å². The first-order chi connectivity index (χ1) is 7.12. The zero-order valence-corrected chi connectivity index (χ0v) is 15.1. The molecule has 0 saturated heterocycles. The number of hydrogen-bond donors (Lipinski definition) is 0. The predicted molar refractivity (Wildman–Crippen MR) is 65.2 cm³/mol. The third-order valence-corrected chi connectivity index (χ3v) is 3.62. The largest absolute Gasteiger partial charge is 2.00 e. The van der Waals surface area contributed by atoms with Crippen LogP contribution in [0.5, 0.6) is 0 Å². The van der Waals surface area contributed by atoms with Crippen LogP contribution in [-0.2, 0) is 40.3 Å². The van der Waals surface area contributed by atoms with Crippen LogP contribution in [0.2, 0.25) is 0 Å². The quantitative estimate of drug-likeness (QED) is 0.353. The van der Waals surface area contributed by atoms with Crippen molar-refractivity contribution in [2.75, 3.05) is 13.2 Å². The standard InChI is InChI=1S/C10H23O3PS.Zn/c1-3-5-7-9-12-14(11,15)13-10-8-6-4-2;/h3-10H2,1-2H3,(H,11,15);/q;+2/p-1. The summed E-state index contributed by atoms with van der Waals surface area (Å²) in [6.07, 6.45) is 6.17. The fourth-order valence-electron chi connectivity index (χ4n) is 1.09. The van der Waals surface area contributed by atoms with Gasteiger partial charge in [0.1, 0.15) is 6.72 Å². The Kier molecular flexibility index (Phi) is 15.4. The molecule has 0 amide bonds. The molecule has 0 aliphatic carbocycles. The van der Waals surface area contributed by atoms with Gasteiger partial charge in [0, 0.05) is 0 Å². The van der Waals surface area contributed by atoms with Crippen LogP contribution in [0.1, 0.15) is 52.4 Å². The molecule has 0 bridgehead atoms. The summed E-state index contributed by atoms with van der Waals surface area (Å²) in [6.45, 7) is 1.92. The Bertz CT molecular complexity index is 177. The zero-order valence-electron chi connectivity index (χ0n) is 10.4.